The summed E-state index contributed by atoms with van der Waals surface area (Å²) >= 11 is -0.648. The summed E-state index contributed by atoms with van der Waals surface area (Å²) in [6.45, 7) is 22.6. The third kappa shape index (κ3) is 8.66. The summed E-state index contributed by atoms with van der Waals surface area (Å²) in [7, 11) is 0. The molecule has 7 heteroatoms. The van der Waals surface area contributed by atoms with E-state index in [1.807, 2.05) is 18.3 Å². The van der Waals surface area contributed by atoms with Gasteiger partial charge in [0.1, 0.15) is 0 Å². The van der Waals surface area contributed by atoms with Gasteiger partial charge in [-0.25, -0.2) is 0 Å². The predicted molar refractivity (Wildman–Crippen MR) is 251 cm³/mol. The zero-order valence-corrected chi connectivity index (χ0v) is 40.9. The smallest absolute Gasteiger partial charge is 0 e. The van der Waals surface area contributed by atoms with Crippen molar-refractivity contribution in [1.82, 2.24) is 4.98 Å². The van der Waals surface area contributed by atoms with Gasteiger partial charge in [-0.1, -0.05) is 77.9 Å². The molecule has 0 N–H and O–H groups in total. The molecule has 0 unspecified atom stereocenters. The SMILES string of the molecule is CC(C)(C)c1cc(-c2ccccc2)cc(N2[CH-]N(c3[c-]c(Oc4[c-]c5c(cc4)[Te]c4ccccc4N5c4cc(C(C)(C)C)ccn4)ccc3)c3ccc(C(C)(C)C)cc32)c1.[Pt]. The Balaban J connectivity index is 0.00000514. The summed E-state index contributed by atoms with van der Waals surface area (Å²) in [5.41, 5.74) is 12.5. The molecule has 0 atom stereocenters. The first-order chi connectivity index (χ1) is 28.6. The zero-order valence-electron chi connectivity index (χ0n) is 36.3. The van der Waals surface area contributed by atoms with Crippen molar-refractivity contribution < 1.29 is 25.8 Å². The van der Waals surface area contributed by atoms with Crippen molar-refractivity contribution in [2.45, 2.75) is 78.6 Å². The predicted octanol–water partition coefficient (Wildman–Crippen LogP) is 12.9. The van der Waals surface area contributed by atoms with Crippen molar-refractivity contribution in [3.05, 3.63) is 175 Å². The Bertz CT molecular complexity index is 2730. The van der Waals surface area contributed by atoms with Crippen LogP contribution in [-0.2, 0) is 37.3 Å². The normalized spacial score (nSPS) is 13.6. The Morgan fingerprint density at radius 2 is 1.25 bits per heavy atom. The van der Waals surface area contributed by atoms with E-state index in [4.69, 9.17) is 9.72 Å². The third-order valence-corrected chi connectivity index (χ3v) is 14.4. The first-order valence-corrected chi connectivity index (χ1v) is 23.0. The number of para-hydroxylation sites is 1. The average molecular weight is 1090 g/mol. The summed E-state index contributed by atoms with van der Waals surface area (Å²) in [5, 5.41) is 0. The quantitative estimate of drug-likeness (QED) is 0.122. The van der Waals surface area contributed by atoms with Gasteiger partial charge in [0, 0.05) is 21.1 Å². The number of fused-ring (bicyclic) bond motifs is 3. The van der Waals surface area contributed by atoms with Gasteiger partial charge in [-0.05, 0) is 45.2 Å². The van der Waals surface area contributed by atoms with Crippen LogP contribution in [0, 0.1) is 18.8 Å². The number of hydrogen-bond acceptors (Lipinski definition) is 5. The Hall–Kier alpha value is -4.85. The van der Waals surface area contributed by atoms with Crippen molar-refractivity contribution >= 4 is 68.1 Å². The van der Waals surface area contributed by atoms with Crippen molar-refractivity contribution in [3.63, 3.8) is 0 Å². The molecular formula is C54H51N4OPtTe-3. The summed E-state index contributed by atoms with van der Waals surface area (Å²) in [6, 6.07) is 55.3. The average Bonchev–Trinajstić information content (AvgIpc) is 3.61. The van der Waals surface area contributed by atoms with Crippen LogP contribution < -0.4 is 26.7 Å². The fraction of sp³-hybridized carbons (Fsp3) is 0.222. The topological polar surface area (TPSA) is 31.8 Å². The standard InChI is InChI=1S/C54H51N4OTe.Pt/c1-52(2,3)38-22-24-45-47(31-38)57(42-29-37(36-16-11-10-12-17-36)28-40(30-42)54(7,8)9)35-56(45)41-18-15-19-43(33-41)59-44-23-25-50-48(34-44)58(46-20-13-14-21-49(46)60-50)51-32-39(26-27-55-51)53(4,5)6;/h10-32,35H,1-9H3;/q-3;. The molecule has 0 radical (unpaired) electrons. The molecule has 6 aromatic carbocycles. The number of aromatic nitrogens is 1. The van der Waals surface area contributed by atoms with E-state index in [1.165, 1.54) is 40.7 Å². The van der Waals surface area contributed by atoms with Crippen molar-refractivity contribution in [2.75, 3.05) is 14.7 Å². The molecule has 0 fully saturated rings. The Labute approximate surface area is 387 Å². The van der Waals surface area contributed by atoms with Crippen LogP contribution in [0.5, 0.6) is 11.5 Å². The molecule has 0 saturated carbocycles. The fourth-order valence-electron chi connectivity index (χ4n) is 7.73. The summed E-state index contributed by atoms with van der Waals surface area (Å²) in [5.74, 6) is 2.15. The molecule has 3 heterocycles. The number of pyridine rings is 1. The van der Waals surface area contributed by atoms with E-state index in [-0.39, 0.29) is 37.3 Å². The third-order valence-electron chi connectivity index (χ3n) is 11.2. The van der Waals surface area contributed by atoms with Gasteiger partial charge in [0.25, 0.3) is 0 Å². The maximum absolute atomic E-state index is 6.68. The molecule has 7 aromatic rings. The number of anilines is 7. The summed E-state index contributed by atoms with van der Waals surface area (Å²) in [4.78, 5) is 11.7. The zero-order chi connectivity index (χ0) is 42.0. The van der Waals surface area contributed by atoms with Crippen molar-refractivity contribution in [2.24, 2.45) is 0 Å². The molecule has 1 aromatic heterocycles. The number of ether oxygens (including phenoxy) is 1. The molecule has 0 aliphatic carbocycles. The van der Waals surface area contributed by atoms with Crippen LogP contribution in [-0.4, -0.2) is 25.9 Å². The molecule has 2 aliphatic heterocycles. The molecule has 0 bridgehead atoms. The van der Waals surface area contributed by atoms with Gasteiger partial charge in [-0.15, -0.1) is 0 Å². The number of hydrogen-bond donors (Lipinski definition) is 0. The maximum atomic E-state index is 6.68. The first kappa shape index (κ1) is 42.8. The van der Waals surface area contributed by atoms with Crippen molar-refractivity contribution in [1.29, 1.82) is 0 Å². The van der Waals surface area contributed by atoms with Gasteiger partial charge in [0.15, 0.2) is 0 Å². The summed E-state index contributed by atoms with van der Waals surface area (Å²) in [6.07, 6.45) is 1.92. The van der Waals surface area contributed by atoms with Crippen LogP contribution in [0.2, 0.25) is 0 Å². The molecule has 2 aliphatic rings. The molecule has 5 nitrogen and oxygen atoms in total. The first-order valence-electron chi connectivity index (χ1n) is 20.7. The van der Waals surface area contributed by atoms with Crippen LogP contribution in [0.1, 0.15) is 79.0 Å². The van der Waals surface area contributed by atoms with Crippen LogP contribution in [0.4, 0.5) is 39.9 Å². The molecule has 0 amide bonds. The van der Waals surface area contributed by atoms with Crippen molar-refractivity contribution in [3.8, 4) is 22.6 Å². The second-order valence-corrected chi connectivity index (χ2v) is 21.9. The second kappa shape index (κ2) is 16.4. The molecule has 61 heavy (non-hydrogen) atoms. The van der Waals surface area contributed by atoms with Gasteiger partial charge in [0.2, 0.25) is 0 Å². The van der Waals surface area contributed by atoms with Gasteiger partial charge < -0.3 is 0 Å². The molecule has 0 saturated heterocycles. The summed E-state index contributed by atoms with van der Waals surface area (Å²) < 4.78 is 9.36. The Morgan fingerprint density at radius 1 is 0.541 bits per heavy atom. The molecule has 312 valence electrons. The Kier molecular flexibility index (Phi) is 11.5. The largest absolute Gasteiger partial charge is 0.0371 e. The van der Waals surface area contributed by atoms with Gasteiger partial charge in [0.05, 0.1) is 0 Å². The van der Waals surface area contributed by atoms with Crippen LogP contribution in [0.15, 0.2) is 140 Å². The van der Waals surface area contributed by atoms with E-state index < -0.39 is 20.9 Å². The molecular weight excluding hydrogens is 1040 g/mol. The second-order valence-electron chi connectivity index (χ2n) is 18.8. The van der Waals surface area contributed by atoms with E-state index >= 15 is 0 Å². The van der Waals surface area contributed by atoms with Crippen LogP contribution in [0.3, 0.4) is 0 Å². The number of rotatable bonds is 6. The minimum atomic E-state index is -0.648. The van der Waals surface area contributed by atoms with Crippen LogP contribution in [0.25, 0.3) is 11.1 Å². The van der Waals surface area contributed by atoms with E-state index in [0.717, 1.165) is 34.3 Å². The van der Waals surface area contributed by atoms with E-state index in [0.29, 0.717) is 11.5 Å². The number of nitrogens with zero attached hydrogens (tertiary/aromatic N) is 4. The maximum Gasteiger partial charge on any atom is 0 e. The fourth-order valence-corrected chi connectivity index (χ4v) is 10.6. The van der Waals surface area contributed by atoms with Crippen LogP contribution >= 0.6 is 0 Å². The minimum Gasteiger partial charge on any atom is -0.0371 e. The van der Waals surface area contributed by atoms with Gasteiger partial charge in [-0.2, -0.15) is 0 Å². The number of benzene rings is 6. The van der Waals surface area contributed by atoms with E-state index in [9.17, 15) is 0 Å². The van der Waals surface area contributed by atoms with E-state index in [1.54, 1.807) is 0 Å². The van der Waals surface area contributed by atoms with E-state index in [2.05, 4.69) is 217 Å². The minimum absolute atomic E-state index is 0. The monoisotopic (exact) mass is 1100 g/mol. The molecule has 9 rings (SSSR count). The van der Waals surface area contributed by atoms with Gasteiger partial charge in [-0.3, -0.25) is 0 Å². The Morgan fingerprint density at radius 3 is 2.00 bits per heavy atom. The van der Waals surface area contributed by atoms with Gasteiger partial charge >= 0.3 is 246 Å². The molecule has 0 spiro atoms.